The van der Waals surface area contributed by atoms with Gasteiger partial charge in [0, 0.05) is 32.4 Å². The molecule has 1 unspecified atom stereocenters. The smallest absolute Gasteiger partial charge is 0.0449 e. The first kappa shape index (κ1) is 12.0. The monoisotopic (exact) mass is 208 g/mol. The van der Waals surface area contributed by atoms with Gasteiger partial charge in [0.25, 0.3) is 0 Å². The highest BCUT2D eigenvalue weighted by Crippen LogP contribution is 2.19. The highest BCUT2D eigenvalue weighted by atomic mass is 16.3. The van der Waals surface area contributed by atoms with E-state index >= 15 is 0 Å². The van der Waals surface area contributed by atoms with Crippen LogP contribution in [0.3, 0.4) is 0 Å². The Labute approximate surface area is 91.7 Å². The Morgan fingerprint density at radius 3 is 2.27 bits per heavy atom. The summed E-state index contributed by atoms with van der Waals surface area (Å²) in [5.74, 6) is 0. The van der Waals surface area contributed by atoms with E-state index in [4.69, 9.17) is 5.11 Å². The number of nitrogens with one attached hydrogen (secondary N) is 1. The number of rotatable bonds is 5. The van der Waals surface area contributed by atoms with E-state index in [9.17, 15) is 0 Å². The SMILES string of the molecule is CNC(CCO)c1ccc(N(C)C)cc1. The molecule has 1 aromatic carbocycles. The summed E-state index contributed by atoms with van der Waals surface area (Å²) in [6, 6.07) is 8.64. The molecule has 0 aliphatic rings. The number of hydrogen-bond donors (Lipinski definition) is 2. The van der Waals surface area contributed by atoms with Gasteiger partial charge in [-0.15, -0.1) is 0 Å². The maximum Gasteiger partial charge on any atom is 0.0449 e. The van der Waals surface area contributed by atoms with Crippen LogP contribution in [0.25, 0.3) is 0 Å². The Kier molecular flexibility index (Phi) is 4.59. The Balaban J connectivity index is 2.77. The van der Waals surface area contributed by atoms with Gasteiger partial charge in [0.2, 0.25) is 0 Å². The topological polar surface area (TPSA) is 35.5 Å². The minimum absolute atomic E-state index is 0.209. The van der Waals surface area contributed by atoms with Crippen LogP contribution in [0.4, 0.5) is 5.69 Å². The summed E-state index contributed by atoms with van der Waals surface area (Å²) >= 11 is 0. The van der Waals surface area contributed by atoms with Gasteiger partial charge in [-0.2, -0.15) is 0 Å². The molecule has 15 heavy (non-hydrogen) atoms. The van der Waals surface area contributed by atoms with Crippen molar-refractivity contribution in [3.05, 3.63) is 29.8 Å². The van der Waals surface area contributed by atoms with Crippen molar-refractivity contribution in [1.29, 1.82) is 0 Å². The van der Waals surface area contributed by atoms with Crippen molar-refractivity contribution in [1.82, 2.24) is 5.32 Å². The normalized spacial score (nSPS) is 12.5. The highest BCUT2D eigenvalue weighted by Gasteiger charge is 2.07. The molecule has 0 spiro atoms. The number of aliphatic hydroxyl groups is 1. The summed E-state index contributed by atoms with van der Waals surface area (Å²) in [6.45, 7) is 0.209. The average Bonchev–Trinajstić information content (AvgIpc) is 2.26. The van der Waals surface area contributed by atoms with Crippen LogP contribution in [0.1, 0.15) is 18.0 Å². The average molecular weight is 208 g/mol. The molecule has 0 aliphatic heterocycles. The molecular formula is C12H20N2O. The lowest BCUT2D eigenvalue weighted by Crippen LogP contribution is -2.17. The second-order valence-corrected chi connectivity index (χ2v) is 3.84. The zero-order valence-electron chi connectivity index (χ0n) is 9.70. The molecule has 0 aromatic heterocycles. The van der Waals surface area contributed by atoms with Crippen LogP contribution >= 0.6 is 0 Å². The zero-order chi connectivity index (χ0) is 11.3. The van der Waals surface area contributed by atoms with Crippen LogP contribution in [0.15, 0.2) is 24.3 Å². The molecule has 0 saturated carbocycles. The van der Waals surface area contributed by atoms with Crippen LogP contribution in [0.2, 0.25) is 0 Å². The second kappa shape index (κ2) is 5.73. The standard InChI is InChI=1S/C12H20N2O/c1-13-12(8-9-15)10-4-6-11(7-5-10)14(2)3/h4-7,12-13,15H,8-9H2,1-3H3. The van der Waals surface area contributed by atoms with Gasteiger partial charge in [-0.1, -0.05) is 12.1 Å². The Hall–Kier alpha value is -1.06. The fourth-order valence-electron chi connectivity index (χ4n) is 1.61. The molecule has 0 aliphatic carbocycles. The molecule has 1 aromatic rings. The molecule has 0 amide bonds. The lowest BCUT2D eigenvalue weighted by molar-refractivity contribution is 0.269. The first-order chi connectivity index (χ1) is 7.19. The minimum atomic E-state index is 0.209. The molecule has 0 saturated heterocycles. The molecule has 1 atom stereocenters. The fraction of sp³-hybridized carbons (Fsp3) is 0.500. The summed E-state index contributed by atoms with van der Waals surface area (Å²) in [5, 5.41) is 12.1. The predicted molar refractivity (Wildman–Crippen MR) is 64.3 cm³/mol. The van der Waals surface area contributed by atoms with E-state index in [2.05, 4.69) is 34.5 Å². The van der Waals surface area contributed by atoms with Crippen molar-refractivity contribution in [2.75, 3.05) is 32.6 Å². The number of hydrogen-bond acceptors (Lipinski definition) is 3. The van der Waals surface area contributed by atoms with Crippen molar-refractivity contribution >= 4 is 5.69 Å². The van der Waals surface area contributed by atoms with Gasteiger partial charge in [0.1, 0.15) is 0 Å². The number of benzene rings is 1. The molecular weight excluding hydrogens is 188 g/mol. The van der Waals surface area contributed by atoms with E-state index in [0.717, 1.165) is 6.42 Å². The summed E-state index contributed by atoms with van der Waals surface area (Å²) in [7, 11) is 5.97. The van der Waals surface area contributed by atoms with E-state index in [1.54, 1.807) is 0 Å². The van der Waals surface area contributed by atoms with Gasteiger partial charge < -0.3 is 15.3 Å². The largest absolute Gasteiger partial charge is 0.396 e. The summed E-state index contributed by atoms with van der Waals surface area (Å²) in [6.07, 6.45) is 0.748. The van der Waals surface area contributed by atoms with E-state index in [0.29, 0.717) is 0 Å². The van der Waals surface area contributed by atoms with Gasteiger partial charge in [-0.25, -0.2) is 0 Å². The minimum Gasteiger partial charge on any atom is -0.396 e. The second-order valence-electron chi connectivity index (χ2n) is 3.84. The van der Waals surface area contributed by atoms with E-state index in [1.165, 1.54) is 11.3 Å². The van der Waals surface area contributed by atoms with Gasteiger partial charge in [0.15, 0.2) is 0 Å². The Morgan fingerprint density at radius 2 is 1.87 bits per heavy atom. The maximum absolute atomic E-state index is 8.92. The van der Waals surface area contributed by atoms with Crippen LogP contribution in [0, 0.1) is 0 Å². The number of aliphatic hydroxyl groups excluding tert-OH is 1. The quantitative estimate of drug-likeness (QED) is 0.767. The summed E-state index contributed by atoms with van der Waals surface area (Å²) < 4.78 is 0. The third-order valence-electron chi connectivity index (χ3n) is 2.58. The maximum atomic E-state index is 8.92. The summed E-state index contributed by atoms with van der Waals surface area (Å²) in [4.78, 5) is 2.07. The highest BCUT2D eigenvalue weighted by molar-refractivity contribution is 5.46. The fourth-order valence-corrected chi connectivity index (χ4v) is 1.61. The zero-order valence-corrected chi connectivity index (χ0v) is 9.70. The summed E-state index contributed by atoms with van der Waals surface area (Å²) in [5.41, 5.74) is 2.41. The van der Waals surface area contributed by atoms with Gasteiger partial charge in [0.05, 0.1) is 0 Å². The van der Waals surface area contributed by atoms with Crippen LogP contribution in [-0.2, 0) is 0 Å². The molecule has 3 heteroatoms. The lowest BCUT2D eigenvalue weighted by Gasteiger charge is -2.17. The Bertz CT molecular complexity index is 282. The third-order valence-corrected chi connectivity index (χ3v) is 2.58. The Morgan fingerprint density at radius 1 is 1.27 bits per heavy atom. The third kappa shape index (κ3) is 3.22. The lowest BCUT2D eigenvalue weighted by atomic mass is 10.0. The molecule has 0 fully saturated rings. The first-order valence-electron chi connectivity index (χ1n) is 5.24. The van der Waals surface area contributed by atoms with Crippen molar-refractivity contribution in [2.24, 2.45) is 0 Å². The molecule has 2 N–H and O–H groups in total. The van der Waals surface area contributed by atoms with Gasteiger partial charge >= 0.3 is 0 Å². The van der Waals surface area contributed by atoms with Crippen molar-refractivity contribution in [3.8, 4) is 0 Å². The number of anilines is 1. The van der Waals surface area contributed by atoms with Crippen molar-refractivity contribution < 1.29 is 5.11 Å². The van der Waals surface area contributed by atoms with Gasteiger partial charge in [-0.3, -0.25) is 0 Å². The molecule has 0 radical (unpaired) electrons. The number of nitrogens with zero attached hydrogens (tertiary/aromatic N) is 1. The first-order valence-corrected chi connectivity index (χ1v) is 5.24. The molecule has 0 heterocycles. The molecule has 84 valence electrons. The molecule has 1 rings (SSSR count). The van der Waals surface area contributed by atoms with E-state index in [1.807, 2.05) is 21.1 Å². The predicted octanol–water partition coefficient (Wildman–Crippen LogP) is 1.40. The van der Waals surface area contributed by atoms with E-state index < -0.39 is 0 Å². The van der Waals surface area contributed by atoms with Crippen LogP contribution in [0.5, 0.6) is 0 Å². The van der Waals surface area contributed by atoms with Crippen molar-refractivity contribution in [3.63, 3.8) is 0 Å². The van der Waals surface area contributed by atoms with Crippen molar-refractivity contribution in [2.45, 2.75) is 12.5 Å². The molecule has 3 nitrogen and oxygen atoms in total. The van der Waals surface area contributed by atoms with E-state index in [-0.39, 0.29) is 12.6 Å². The van der Waals surface area contributed by atoms with Crippen LogP contribution in [-0.4, -0.2) is 32.9 Å². The van der Waals surface area contributed by atoms with Crippen LogP contribution < -0.4 is 10.2 Å². The van der Waals surface area contributed by atoms with Gasteiger partial charge in [-0.05, 0) is 31.2 Å². The molecule has 0 bridgehead atoms.